The zero-order valence-corrected chi connectivity index (χ0v) is 12.5. The van der Waals surface area contributed by atoms with E-state index in [1.54, 1.807) is 6.92 Å². The predicted octanol–water partition coefficient (Wildman–Crippen LogP) is 2.15. The highest BCUT2D eigenvalue weighted by molar-refractivity contribution is 5.83. The zero-order valence-electron chi connectivity index (χ0n) is 12.5. The highest BCUT2D eigenvalue weighted by Crippen LogP contribution is 2.58. The normalized spacial score (nSPS) is 40.6. The molecule has 0 aromatic rings. The van der Waals surface area contributed by atoms with Crippen molar-refractivity contribution in [2.45, 2.75) is 40.4 Å². The van der Waals surface area contributed by atoms with Gasteiger partial charge in [-0.3, -0.25) is 9.59 Å². The number of carboxylic acid groups (broad SMARTS) is 1. The van der Waals surface area contributed by atoms with Crippen LogP contribution in [0.1, 0.15) is 34.1 Å². The molecule has 2 rings (SSSR count). The first-order valence-electron chi connectivity index (χ1n) is 7.43. The van der Waals surface area contributed by atoms with Crippen molar-refractivity contribution in [3.05, 3.63) is 0 Å². The van der Waals surface area contributed by atoms with Gasteiger partial charge in [0.2, 0.25) is 0 Å². The van der Waals surface area contributed by atoms with Gasteiger partial charge in [-0.25, -0.2) is 0 Å². The van der Waals surface area contributed by atoms with Gasteiger partial charge in [0.25, 0.3) is 0 Å². The van der Waals surface area contributed by atoms with Crippen LogP contribution in [0.3, 0.4) is 0 Å². The largest absolute Gasteiger partial charge is 0.481 e. The lowest BCUT2D eigenvalue weighted by atomic mass is 9.69. The Hall–Kier alpha value is -1.10. The Labute approximate surface area is 119 Å². The highest BCUT2D eigenvalue weighted by Gasteiger charge is 2.60. The van der Waals surface area contributed by atoms with E-state index >= 15 is 0 Å². The van der Waals surface area contributed by atoms with Gasteiger partial charge in [0.05, 0.1) is 11.8 Å². The number of fused-ring (bicyclic) bond motifs is 2. The third-order valence-corrected chi connectivity index (χ3v) is 5.27. The number of ether oxygens (including phenoxy) is 2. The summed E-state index contributed by atoms with van der Waals surface area (Å²) in [5.41, 5.74) is 0. The summed E-state index contributed by atoms with van der Waals surface area (Å²) < 4.78 is 10.5. The SMILES string of the molecule is CCOC(C)OC(=O)C1C2CC(C(C)C2C)C1C(=O)O. The molecule has 5 heteroatoms. The molecule has 7 unspecified atom stereocenters. The maximum absolute atomic E-state index is 12.3. The number of hydrogen-bond acceptors (Lipinski definition) is 4. The van der Waals surface area contributed by atoms with Crippen molar-refractivity contribution < 1.29 is 24.2 Å². The maximum atomic E-state index is 12.3. The van der Waals surface area contributed by atoms with Gasteiger partial charge in [0.1, 0.15) is 0 Å². The summed E-state index contributed by atoms with van der Waals surface area (Å²) in [4.78, 5) is 23.9. The highest BCUT2D eigenvalue weighted by atomic mass is 16.7. The lowest BCUT2D eigenvalue weighted by Gasteiger charge is -2.35. The van der Waals surface area contributed by atoms with Gasteiger partial charge in [0.15, 0.2) is 6.29 Å². The lowest BCUT2D eigenvalue weighted by Crippen LogP contribution is -2.42. The molecule has 0 aromatic carbocycles. The molecule has 0 spiro atoms. The summed E-state index contributed by atoms with van der Waals surface area (Å²) in [6.45, 7) is 8.15. The molecule has 0 heterocycles. The van der Waals surface area contributed by atoms with Gasteiger partial charge >= 0.3 is 11.9 Å². The van der Waals surface area contributed by atoms with E-state index in [-0.39, 0.29) is 11.8 Å². The molecule has 0 aromatic heterocycles. The topological polar surface area (TPSA) is 72.8 Å². The second-order valence-corrected chi connectivity index (χ2v) is 6.13. The molecule has 1 N–H and O–H groups in total. The van der Waals surface area contributed by atoms with E-state index in [1.807, 2.05) is 6.92 Å². The molecule has 114 valence electrons. The van der Waals surface area contributed by atoms with Crippen LogP contribution in [0, 0.1) is 35.5 Å². The van der Waals surface area contributed by atoms with Crippen molar-refractivity contribution in [2.24, 2.45) is 35.5 Å². The summed E-state index contributed by atoms with van der Waals surface area (Å²) in [5, 5.41) is 9.46. The molecule has 0 radical (unpaired) electrons. The van der Waals surface area contributed by atoms with Gasteiger partial charge in [0, 0.05) is 6.61 Å². The summed E-state index contributed by atoms with van der Waals surface area (Å²) in [5.74, 6) is -1.47. The van der Waals surface area contributed by atoms with Crippen LogP contribution in [-0.4, -0.2) is 29.9 Å². The van der Waals surface area contributed by atoms with E-state index in [0.717, 1.165) is 6.42 Å². The minimum absolute atomic E-state index is 0.0902. The van der Waals surface area contributed by atoms with Gasteiger partial charge in [-0.1, -0.05) is 13.8 Å². The fraction of sp³-hybridized carbons (Fsp3) is 0.867. The van der Waals surface area contributed by atoms with Crippen molar-refractivity contribution in [1.29, 1.82) is 0 Å². The summed E-state index contributed by atoms with van der Waals surface area (Å²) in [7, 11) is 0. The molecule has 2 aliphatic carbocycles. The van der Waals surface area contributed by atoms with Crippen LogP contribution in [0.25, 0.3) is 0 Å². The van der Waals surface area contributed by atoms with Crippen molar-refractivity contribution in [3.63, 3.8) is 0 Å². The fourth-order valence-corrected chi connectivity index (χ4v) is 4.17. The monoisotopic (exact) mass is 284 g/mol. The Morgan fingerprint density at radius 1 is 1.20 bits per heavy atom. The number of rotatable bonds is 5. The number of esters is 1. The molecule has 2 bridgehead atoms. The van der Waals surface area contributed by atoms with Crippen LogP contribution in [0.4, 0.5) is 0 Å². The number of carbonyl (C=O) groups is 2. The lowest BCUT2D eigenvalue weighted by molar-refractivity contribution is -0.186. The molecule has 0 saturated heterocycles. The van der Waals surface area contributed by atoms with Gasteiger partial charge < -0.3 is 14.6 Å². The summed E-state index contributed by atoms with van der Waals surface area (Å²) >= 11 is 0. The van der Waals surface area contributed by atoms with E-state index in [9.17, 15) is 14.7 Å². The van der Waals surface area contributed by atoms with Crippen LogP contribution < -0.4 is 0 Å². The Morgan fingerprint density at radius 2 is 1.75 bits per heavy atom. The predicted molar refractivity (Wildman–Crippen MR) is 71.7 cm³/mol. The quantitative estimate of drug-likeness (QED) is 0.618. The zero-order chi connectivity index (χ0) is 15.0. The Balaban J connectivity index is 2.13. The minimum atomic E-state index is -0.873. The van der Waals surface area contributed by atoms with Crippen molar-refractivity contribution in [3.8, 4) is 0 Å². The minimum Gasteiger partial charge on any atom is -0.481 e. The molecular formula is C15H24O5. The standard InChI is InChI=1S/C15H24O5/c1-5-19-9(4)20-15(18)13-11-6-10(7(2)8(11)3)12(13)14(16)17/h7-13H,5-6H2,1-4H3,(H,16,17). The maximum Gasteiger partial charge on any atom is 0.312 e. The molecule has 2 aliphatic rings. The fourth-order valence-electron chi connectivity index (χ4n) is 4.17. The Morgan fingerprint density at radius 3 is 2.25 bits per heavy atom. The van der Waals surface area contributed by atoms with Crippen LogP contribution in [0.15, 0.2) is 0 Å². The average molecular weight is 284 g/mol. The molecular weight excluding hydrogens is 260 g/mol. The molecule has 0 aliphatic heterocycles. The first kappa shape index (κ1) is 15.3. The molecule has 7 atom stereocenters. The number of aliphatic carboxylic acids is 1. The van der Waals surface area contributed by atoms with Crippen LogP contribution in [0.2, 0.25) is 0 Å². The third-order valence-electron chi connectivity index (χ3n) is 5.27. The average Bonchev–Trinajstić information content (AvgIpc) is 2.87. The van der Waals surface area contributed by atoms with E-state index < -0.39 is 30.1 Å². The van der Waals surface area contributed by atoms with Gasteiger partial charge in [-0.15, -0.1) is 0 Å². The van der Waals surface area contributed by atoms with Gasteiger partial charge in [-0.05, 0) is 43.9 Å². The number of carboxylic acids is 1. The second-order valence-electron chi connectivity index (χ2n) is 6.13. The number of carbonyl (C=O) groups excluding carboxylic acids is 1. The van der Waals surface area contributed by atoms with E-state index in [4.69, 9.17) is 9.47 Å². The van der Waals surface area contributed by atoms with Crippen LogP contribution in [-0.2, 0) is 19.1 Å². The van der Waals surface area contributed by atoms with E-state index in [0.29, 0.717) is 18.4 Å². The number of hydrogen-bond donors (Lipinski definition) is 1. The van der Waals surface area contributed by atoms with E-state index in [1.165, 1.54) is 0 Å². The second kappa shape index (κ2) is 5.72. The van der Waals surface area contributed by atoms with Crippen molar-refractivity contribution in [2.75, 3.05) is 6.61 Å². The molecule has 0 amide bonds. The van der Waals surface area contributed by atoms with Crippen LogP contribution >= 0.6 is 0 Å². The molecule has 5 nitrogen and oxygen atoms in total. The van der Waals surface area contributed by atoms with E-state index in [2.05, 4.69) is 13.8 Å². The Kier molecular flexibility index (Phi) is 4.37. The Bertz CT molecular complexity index is 394. The molecule has 2 fully saturated rings. The van der Waals surface area contributed by atoms with Crippen LogP contribution in [0.5, 0.6) is 0 Å². The first-order valence-corrected chi connectivity index (χ1v) is 7.43. The smallest absolute Gasteiger partial charge is 0.312 e. The van der Waals surface area contributed by atoms with Crippen molar-refractivity contribution >= 4 is 11.9 Å². The van der Waals surface area contributed by atoms with Crippen molar-refractivity contribution in [1.82, 2.24) is 0 Å². The third kappa shape index (κ3) is 2.43. The summed E-state index contributed by atoms with van der Waals surface area (Å²) in [6.07, 6.45) is 0.205. The first-order chi connectivity index (χ1) is 9.38. The summed E-state index contributed by atoms with van der Waals surface area (Å²) in [6, 6.07) is 0. The molecule has 2 saturated carbocycles. The van der Waals surface area contributed by atoms with Gasteiger partial charge in [-0.2, -0.15) is 0 Å². The molecule has 20 heavy (non-hydrogen) atoms.